The summed E-state index contributed by atoms with van der Waals surface area (Å²) in [6.07, 6.45) is 0. The van der Waals surface area contributed by atoms with Crippen molar-refractivity contribution in [2.24, 2.45) is 0 Å². The lowest BCUT2D eigenvalue weighted by Gasteiger charge is -2.12. The highest BCUT2D eigenvalue weighted by Crippen LogP contribution is 2.13. The molecular weight excluding hydrogens is 428 g/mol. The van der Waals surface area contributed by atoms with Crippen LogP contribution in [0.15, 0.2) is 89.7 Å². The highest BCUT2D eigenvalue weighted by molar-refractivity contribution is 6.04. The Morgan fingerprint density at radius 2 is 1.59 bits per heavy atom. The second kappa shape index (κ2) is 9.95. The standard InChI is InChI=1S/C27H24N4O3/c1-18-11-13-21(14-12-18)26(33)29-22-8-6-7-20(16-22)17-28-27(34)25-24(32)15-19(2)31(30-25)23-9-4-3-5-10-23/h3-16H,17H2,1-2H3,(H,28,34)(H,29,33). The Labute approximate surface area is 197 Å². The van der Waals surface area contributed by atoms with Crippen molar-refractivity contribution in [3.63, 3.8) is 0 Å². The molecular formula is C27H24N4O3. The molecule has 0 saturated carbocycles. The molecule has 34 heavy (non-hydrogen) atoms. The van der Waals surface area contributed by atoms with Crippen LogP contribution in [0.3, 0.4) is 0 Å². The van der Waals surface area contributed by atoms with Gasteiger partial charge in [-0.15, -0.1) is 0 Å². The van der Waals surface area contributed by atoms with E-state index in [2.05, 4.69) is 15.7 Å². The molecule has 0 aliphatic rings. The average Bonchev–Trinajstić information content (AvgIpc) is 2.84. The van der Waals surface area contributed by atoms with Gasteiger partial charge in [0.15, 0.2) is 5.69 Å². The fourth-order valence-electron chi connectivity index (χ4n) is 3.47. The van der Waals surface area contributed by atoms with Crippen molar-refractivity contribution in [2.45, 2.75) is 20.4 Å². The maximum Gasteiger partial charge on any atom is 0.276 e. The van der Waals surface area contributed by atoms with E-state index in [1.165, 1.54) is 6.07 Å². The first-order valence-electron chi connectivity index (χ1n) is 10.8. The first-order valence-corrected chi connectivity index (χ1v) is 10.8. The zero-order valence-corrected chi connectivity index (χ0v) is 18.9. The second-order valence-corrected chi connectivity index (χ2v) is 7.95. The lowest BCUT2D eigenvalue weighted by Crippen LogP contribution is -2.31. The third-order valence-corrected chi connectivity index (χ3v) is 5.27. The second-order valence-electron chi connectivity index (χ2n) is 7.95. The Kier molecular flexibility index (Phi) is 6.64. The van der Waals surface area contributed by atoms with Gasteiger partial charge in [0.05, 0.1) is 5.69 Å². The lowest BCUT2D eigenvalue weighted by atomic mass is 10.1. The van der Waals surface area contributed by atoms with Crippen LogP contribution in [-0.4, -0.2) is 21.6 Å². The first-order chi connectivity index (χ1) is 16.4. The summed E-state index contributed by atoms with van der Waals surface area (Å²) in [5, 5.41) is 9.89. The molecule has 7 heteroatoms. The summed E-state index contributed by atoms with van der Waals surface area (Å²) in [5.41, 5.74) is 3.77. The molecule has 1 heterocycles. The third kappa shape index (κ3) is 5.27. The van der Waals surface area contributed by atoms with E-state index in [-0.39, 0.29) is 18.1 Å². The van der Waals surface area contributed by atoms with Gasteiger partial charge in [-0.25, -0.2) is 4.68 Å². The molecule has 2 N–H and O–H groups in total. The van der Waals surface area contributed by atoms with Crippen molar-refractivity contribution >= 4 is 17.5 Å². The van der Waals surface area contributed by atoms with E-state index in [0.717, 1.165) is 16.8 Å². The van der Waals surface area contributed by atoms with E-state index in [4.69, 9.17) is 0 Å². The highest BCUT2D eigenvalue weighted by atomic mass is 16.2. The summed E-state index contributed by atoms with van der Waals surface area (Å²) in [6.45, 7) is 3.90. The maximum absolute atomic E-state index is 12.8. The molecule has 0 spiro atoms. The van der Waals surface area contributed by atoms with Crippen LogP contribution in [0, 0.1) is 13.8 Å². The summed E-state index contributed by atoms with van der Waals surface area (Å²) in [5.74, 6) is -0.782. The molecule has 0 bridgehead atoms. The fourth-order valence-corrected chi connectivity index (χ4v) is 3.47. The maximum atomic E-state index is 12.8. The van der Waals surface area contributed by atoms with Gasteiger partial charge in [-0.2, -0.15) is 5.10 Å². The number of hydrogen-bond donors (Lipinski definition) is 2. The highest BCUT2D eigenvalue weighted by Gasteiger charge is 2.15. The monoisotopic (exact) mass is 452 g/mol. The molecule has 2 amide bonds. The predicted octanol–water partition coefficient (Wildman–Crippen LogP) is 4.03. The number of aryl methyl sites for hydroxylation is 2. The number of hydrogen-bond acceptors (Lipinski definition) is 4. The molecule has 0 fully saturated rings. The normalized spacial score (nSPS) is 10.5. The van der Waals surface area contributed by atoms with E-state index in [9.17, 15) is 14.4 Å². The molecule has 4 rings (SSSR count). The van der Waals surface area contributed by atoms with Crippen LogP contribution in [0.5, 0.6) is 0 Å². The van der Waals surface area contributed by atoms with Crippen LogP contribution in [0.1, 0.15) is 37.7 Å². The Morgan fingerprint density at radius 3 is 2.32 bits per heavy atom. The van der Waals surface area contributed by atoms with Gasteiger partial charge in [0.25, 0.3) is 11.8 Å². The fraction of sp³-hybridized carbons (Fsp3) is 0.111. The van der Waals surface area contributed by atoms with Crippen molar-refractivity contribution in [1.82, 2.24) is 15.1 Å². The van der Waals surface area contributed by atoms with Crippen LogP contribution in [0.4, 0.5) is 5.69 Å². The number of nitrogens with one attached hydrogen (secondary N) is 2. The lowest BCUT2D eigenvalue weighted by molar-refractivity contribution is 0.0942. The third-order valence-electron chi connectivity index (χ3n) is 5.27. The van der Waals surface area contributed by atoms with Crippen LogP contribution in [0.25, 0.3) is 5.69 Å². The number of benzene rings is 3. The van der Waals surface area contributed by atoms with Crippen LogP contribution < -0.4 is 16.1 Å². The predicted molar refractivity (Wildman–Crippen MR) is 131 cm³/mol. The number of nitrogens with zero attached hydrogens (tertiary/aromatic N) is 2. The van der Waals surface area contributed by atoms with Gasteiger partial charge in [0.2, 0.25) is 5.43 Å². The molecule has 0 atom stereocenters. The summed E-state index contributed by atoms with van der Waals surface area (Å²) in [6, 6.07) is 25.2. The van der Waals surface area contributed by atoms with Crippen molar-refractivity contribution in [3.05, 3.63) is 123 Å². The Bertz CT molecular complexity index is 1390. The zero-order chi connectivity index (χ0) is 24.1. The summed E-state index contributed by atoms with van der Waals surface area (Å²) >= 11 is 0. The average molecular weight is 453 g/mol. The van der Waals surface area contributed by atoms with Crippen molar-refractivity contribution in [2.75, 3.05) is 5.32 Å². The van der Waals surface area contributed by atoms with Gasteiger partial charge in [0.1, 0.15) is 0 Å². The van der Waals surface area contributed by atoms with Gasteiger partial charge in [-0.05, 0) is 55.8 Å². The first kappa shape index (κ1) is 22.7. The quantitative estimate of drug-likeness (QED) is 0.462. The molecule has 0 saturated heterocycles. The summed E-state index contributed by atoms with van der Waals surface area (Å²) < 4.78 is 1.57. The Hall–Kier alpha value is -4.52. The Morgan fingerprint density at radius 1 is 0.853 bits per heavy atom. The van der Waals surface area contributed by atoms with E-state index in [0.29, 0.717) is 16.9 Å². The zero-order valence-electron chi connectivity index (χ0n) is 18.9. The molecule has 4 aromatic rings. The summed E-state index contributed by atoms with van der Waals surface area (Å²) in [4.78, 5) is 37.7. The van der Waals surface area contributed by atoms with Crippen molar-refractivity contribution in [3.8, 4) is 5.69 Å². The molecule has 0 aliphatic heterocycles. The Balaban J connectivity index is 1.46. The number of rotatable bonds is 6. The molecule has 0 unspecified atom stereocenters. The SMILES string of the molecule is Cc1ccc(C(=O)Nc2cccc(CNC(=O)c3nn(-c4ccccc4)c(C)cc3=O)c2)cc1. The van der Waals surface area contributed by atoms with Crippen molar-refractivity contribution in [1.29, 1.82) is 0 Å². The van der Waals surface area contributed by atoms with Crippen molar-refractivity contribution < 1.29 is 9.59 Å². The molecule has 0 aliphatic carbocycles. The van der Waals surface area contributed by atoms with Gasteiger partial charge in [-0.3, -0.25) is 14.4 Å². The van der Waals surface area contributed by atoms with Gasteiger partial charge >= 0.3 is 0 Å². The minimum atomic E-state index is -0.566. The number of para-hydroxylation sites is 1. The van der Waals surface area contributed by atoms with Crippen LogP contribution in [0.2, 0.25) is 0 Å². The van der Waals surface area contributed by atoms with Gasteiger partial charge in [-0.1, -0.05) is 48.0 Å². The van der Waals surface area contributed by atoms with E-state index >= 15 is 0 Å². The summed E-state index contributed by atoms with van der Waals surface area (Å²) in [7, 11) is 0. The largest absolute Gasteiger partial charge is 0.346 e. The minimum absolute atomic E-state index is 0.174. The van der Waals surface area contributed by atoms with Gasteiger partial charge < -0.3 is 10.6 Å². The van der Waals surface area contributed by atoms with Crippen LogP contribution >= 0.6 is 0 Å². The van der Waals surface area contributed by atoms with E-state index in [1.807, 2.05) is 55.5 Å². The molecule has 1 aromatic heterocycles. The topological polar surface area (TPSA) is 93.1 Å². The number of amides is 2. The van der Waals surface area contributed by atoms with Gasteiger partial charge in [0, 0.05) is 29.6 Å². The minimum Gasteiger partial charge on any atom is -0.346 e. The smallest absolute Gasteiger partial charge is 0.276 e. The van der Waals surface area contributed by atoms with E-state index in [1.54, 1.807) is 41.9 Å². The molecule has 7 nitrogen and oxygen atoms in total. The number of carbonyl (C=O) groups excluding carboxylic acids is 2. The molecule has 3 aromatic carbocycles. The molecule has 0 radical (unpaired) electrons. The number of carbonyl (C=O) groups is 2. The number of aromatic nitrogens is 2. The number of anilines is 1. The van der Waals surface area contributed by atoms with Crippen LogP contribution in [-0.2, 0) is 6.54 Å². The van der Waals surface area contributed by atoms with E-state index < -0.39 is 11.3 Å². The molecule has 170 valence electrons.